The Bertz CT molecular complexity index is 1730. The van der Waals surface area contributed by atoms with Gasteiger partial charge in [-0.3, -0.25) is 14.9 Å². The molecule has 1 fully saturated rings. The number of hydrogen-bond acceptors (Lipinski definition) is 5. The minimum Gasteiger partial charge on any atom is -0.338 e. The van der Waals surface area contributed by atoms with Crippen LogP contribution in [0.4, 0.5) is 5.69 Å². The summed E-state index contributed by atoms with van der Waals surface area (Å²) in [4.78, 5) is 26.0. The second-order valence-corrected chi connectivity index (χ2v) is 10.1. The van der Waals surface area contributed by atoms with Gasteiger partial charge in [-0.25, -0.2) is 4.98 Å². The highest BCUT2D eigenvalue weighted by atomic mass is 32.1. The van der Waals surface area contributed by atoms with E-state index in [1.165, 1.54) is 4.88 Å². The van der Waals surface area contributed by atoms with E-state index in [-0.39, 0.29) is 11.8 Å². The number of pyridine rings is 2. The number of hydrogen-bond donors (Lipinski definition) is 3. The van der Waals surface area contributed by atoms with Crippen molar-refractivity contribution in [3.63, 3.8) is 0 Å². The third-order valence-electron chi connectivity index (χ3n) is 6.95. The number of carbonyl (C=O) groups is 1. The molecule has 1 aliphatic carbocycles. The Morgan fingerprint density at radius 2 is 1.97 bits per heavy atom. The Labute approximate surface area is 210 Å². The molecule has 0 saturated heterocycles. The molecule has 3 N–H and O–H groups in total. The van der Waals surface area contributed by atoms with Gasteiger partial charge in [-0.15, -0.1) is 11.3 Å². The SMILES string of the molecule is O=C(Nc1cncc(-c2ccc3[nH]nc(-c4cc5c(-c6cccs6)ccnc5[nH]4)c3c2)c1)C1CCC1. The Morgan fingerprint density at radius 3 is 2.81 bits per heavy atom. The van der Waals surface area contributed by atoms with Crippen LogP contribution in [0.1, 0.15) is 19.3 Å². The molecule has 0 unspecified atom stereocenters. The van der Waals surface area contributed by atoms with E-state index in [1.54, 1.807) is 17.5 Å². The van der Waals surface area contributed by atoms with Crippen molar-refractivity contribution in [2.24, 2.45) is 5.92 Å². The van der Waals surface area contributed by atoms with Crippen LogP contribution in [-0.4, -0.2) is 31.1 Å². The first-order valence-corrected chi connectivity index (χ1v) is 12.9. The lowest BCUT2D eigenvalue weighted by Gasteiger charge is -2.24. The van der Waals surface area contributed by atoms with Crippen LogP contribution in [0.25, 0.3) is 54.9 Å². The number of thiophene rings is 1. The number of nitrogens with one attached hydrogen (secondary N) is 3. The normalized spacial score (nSPS) is 13.8. The molecule has 1 aliphatic rings. The number of fused-ring (bicyclic) bond motifs is 2. The van der Waals surface area contributed by atoms with Crippen LogP contribution < -0.4 is 5.32 Å². The molecular weight excluding hydrogens is 468 g/mol. The summed E-state index contributed by atoms with van der Waals surface area (Å²) in [5.41, 5.74) is 7.35. The van der Waals surface area contributed by atoms with E-state index in [4.69, 9.17) is 0 Å². The molecule has 1 amide bonds. The van der Waals surface area contributed by atoms with E-state index in [2.05, 4.69) is 66.2 Å². The summed E-state index contributed by atoms with van der Waals surface area (Å²) in [7, 11) is 0. The van der Waals surface area contributed by atoms with Crippen molar-refractivity contribution in [3.8, 4) is 33.0 Å². The fourth-order valence-corrected chi connectivity index (χ4v) is 5.55. The molecule has 0 spiro atoms. The molecule has 0 aliphatic heterocycles. The van der Waals surface area contributed by atoms with Crippen molar-refractivity contribution in [3.05, 3.63) is 72.5 Å². The summed E-state index contributed by atoms with van der Waals surface area (Å²) in [5.74, 6) is 0.215. The standard InChI is InChI=1S/C28H22N6OS/c35-28(16-3-1-4-16)31-19-11-18(14-29-15-19)17-6-7-23-22(12-17)26(34-33-23)24-13-21-20(25-5-2-10-36-25)8-9-30-27(21)32-24/h2,5-16H,1,3-4H2,(H,30,32)(H,31,35)(H,33,34). The third kappa shape index (κ3) is 3.58. The van der Waals surface area contributed by atoms with Gasteiger partial charge in [0.25, 0.3) is 0 Å². The minimum absolute atomic E-state index is 0.0853. The van der Waals surface area contributed by atoms with Gasteiger partial charge in [-0.1, -0.05) is 18.6 Å². The van der Waals surface area contributed by atoms with E-state index in [9.17, 15) is 4.79 Å². The minimum atomic E-state index is 0.0853. The number of H-pyrrole nitrogens is 2. The van der Waals surface area contributed by atoms with Gasteiger partial charge in [-0.2, -0.15) is 5.10 Å². The van der Waals surface area contributed by atoms with Crippen molar-refractivity contribution in [1.82, 2.24) is 25.1 Å². The van der Waals surface area contributed by atoms with Crippen molar-refractivity contribution < 1.29 is 4.79 Å². The van der Waals surface area contributed by atoms with Gasteiger partial charge in [0.05, 0.1) is 23.1 Å². The monoisotopic (exact) mass is 490 g/mol. The van der Waals surface area contributed by atoms with Gasteiger partial charge in [0.2, 0.25) is 5.91 Å². The quantitative estimate of drug-likeness (QED) is 0.252. The van der Waals surface area contributed by atoms with Crippen molar-refractivity contribution in [1.29, 1.82) is 0 Å². The van der Waals surface area contributed by atoms with Crippen LogP contribution in [0, 0.1) is 5.92 Å². The van der Waals surface area contributed by atoms with Crippen LogP contribution in [0.2, 0.25) is 0 Å². The zero-order valence-electron chi connectivity index (χ0n) is 19.3. The largest absolute Gasteiger partial charge is 0.338 e. The maximum absolute atomic E-state index is 12.4. The smallest absolute Gasteiger partial charge is 0.227 e. The number of anilines is 1. The molecule has 176 valence electrons. The summed E-state index contributed by atoms with van der Waals surface area (Å²) < 4.78 is 0. The summed E-state index contributed by atoms with van der Waals surface area (Å²) in [6.07, 6.45) is 8.42. The summed E-state index contributed by atoms with van der Waals surface area (Å²) in [5, 5.41) is 15.0. The van der Waals surface area contributed by atoms with E-state index in [0.717, 1.165) is 75.0 Å². The molecule has 1 saturated carbocycles. The number of benzene rings is 1. The molecule has 5 heterocycles. The third-order valence-corrected chi connectivity index (χ3v) is 7.85. The van der Waals surface area contributed by atoms with Crippen molar-refractivity contribution in [2.75, 3.05) is 5.32 Å². The number of amides is 1. The topological polar surface area (TPSA) is 99.3 Å². The fourth-order valence-electron chi connectivity index (χ4n) is 4.78. The van der Waals surface area contributed by atoms with Gasteiger partial charge in [-0.05, 0) is 60.2 Å². The van der Waals surface area contributed by atoms with Crippen LogP contribution in [0.3, 0.4) is 0 Å². The zero-order valence-corrected chi connectivity index (χ0v) is 20.1. The molecule has 0 bridgehead atoms. The van der Waals surface area contributed by atoms with Crippen LogP contribution in [-0.2, 0) is 4.79 Å². The van der Waals surface area contributed by atoms with Gasteiger partial charge in [0.1, 0.15) is 11.3 Å². The molecule has 0 atom stereocenters. The first kappa shape index (κ1) is 21.0. The molecule has 7 rings (SSSR count). The molecule has 7 nitrogen and oxygen atoms in total. The Hall–Kier alpha value is -4.30. The number of aromatic nitrogens is 5. The molecule has 6 aromatic rings. The average Bonchev–Trinajstić information content (AvgIpc) is 3.61. The highest BCUT2D eigenvalue weighted by Crippen LogP contribution is 2.36. The molecule has 5 aromatic heterocycles. The first-order valence-electron chi connectivity index (χ1n) is 12.0. The second kappa shape index (κ2) is 8.42. The molecule has 8 heteroatoms. The second-order valence-electron chi connectivity index (χ2n) is 9.19. The number of rotatable bonds is 5. The first-order chi connectivity index (χ1) is 17.7. The van der Waals surface area contributed by atoms with Crippen molar-refractivity contribution >= 4 is 44.9 Å². The highest BCUT2D eigenvalue weighted by Gasteiger charge is 2.25. The molecule has 0 radical (unpaired) electrons. The van der Waals surface area contributed by atoms with Gasteiger partial charge in [0.15, 0.2) is 0 Å². The summed E-state index contributed by atoms with van der Waals surface area (Å²) in [6.45, 7) is 0. The lowest BCUT2D eigenvalue weighted by molar-refractivity contribution is -0.122. The Kier molecular flexibility index (Phi) is 4.92. The van der Waals surface area contributed by atoms with Gasteiger partial charge >= 0.3 is 0 Å². The lowest BCUT2D eigenvalue weighted by Crippen LogP contribution is -2.28. The fraction of sp³-hybridized carbons (Fsp3) is 0.143. The summed E-state index contributed by atoms with van der Waals surface area (Å²) >= 11 is 1.71. The summed E-state index contributed by atoms with van der Waals surface area (Å²) in [6, 6.07) is 16.5. The average molecular weight is 491 g/mol. The van der Waals surface area contributed by atoms with Gasteiger partial charge < -0.3 is 10.3 Å². The van der Waals surface area contributed by atoms with Crippen LogP contribution in [0.5, 0.6) is 0 Å². The number of nitrogens with zero attached hydrogens (tertiary/aromatic N) is 3. The predicted molar refractivity (Wildman–Crippen MR) is 144 cm³/mol. The molecular formula is C28H22N6OS. The number of aromatic amines is 2. The van der Waals surface area contributed by atoms with E-state index in [0.29, 0.717) is 0 Å². The molecule has 36 heavy (non-hydrogen) atoms. The van der Waals surface area contributed by atoms with Gasteiger partial charge in [0, 0.05) is 45.1 Å². The highest BCUT2D eigenvalue weighted by molar-refractivity contribution is 7.13. The van der Waals surface area contributed by atoms with E-state index < -0.39 is 0 Å². The van der Waals surface area contributed by atoms with E-state index >= 15 is 0 Å². The molecule has 1 aromatic carbocycles. The maximum Gasteiger partial charge on any atom is 0.227 e. The van der Waals surface area contributed by atoms with E-state index in [1.807, 2.05) is 30.6 Å². The predicted octanol–water partition coefficient (Wildman–Crippen LogP) is 6.64. The Morgan fingerprint density at radius 1 is 1.03 bits per heavy atom. The maximum atomic E-state index is 12.4. The zero-order chi connectivity index (χ0) is 24.1. The Balaban J connectivity index is 1.26. The van der Waals surface area contributed by atoms with Crippen LogP contribution in [0.15, 0.2) is 72.5 Å². The number of carbonyl (C=O) groups excluding carboxylic acids is 1. The van der Waals surface area contributed by atoms with Crippen LogP contribution >= 0.6 is 11.3 Å². The van der Waals surface area contributed by atoms with Crippen molar-refractivity contribution in [2.45, 2.75) is 19.3 Å². The lowest BCUT2D eigenvalue weighted by atomic mass is 9.85.